The Balaban J connectivity index is 2.85. The SMILES string of the molecule is CC=C(C)CC(CO)(CO)Cc1ccccc1. The lowest BCUT2D eigenvalue weighted by molar-refractivity contribution is 0.0547. The molecule has 0 aliphatic heterocycles. The molecule has 2 N–H and O–H groups in total. The van der Waals surface area contributed by atoms with Crippen LogP contribution in [0, 0.1) is 5.41 Å². The van der Waals surface area contributed by atoms with E-state index in [0.717, 1.165) is 12.0 Å². The third-order valence-electron chi connectivity index (χ3n) is 3.24. The fourth-order valence-corrected chi connectivity index (χ4v) is 2.06. The number of aliphatic hydroxyl groups is 2. The molecule has 17 heavy (non-hydrogen) atoms. The van der Waals surface area contributed by atoms with Gasteiger partial charge in [-0.2, -0.15) is 0 Å². The number of allylic oxidation sites excluding steroid dienone is 2. The Labute approximate surface area is 104 Å². The zero-order valence-electron chi connectivity index (χ0n) is 10.7. The van der Waals surface area contributed by atoms with Gasteiger partial charge in [-0.15, -0.1) is 0 Å². The third kappa shape index (κ3) is 3.99. The van der Waals surface area contributed by atoms with Gasteiger partial charge in [0.25, 0.3) is 0 Å². The molecule has 0 unspecified atom stereocenters. The zero-order chi connectivity index (χ0) is 12.7. The first-order chi connectivity index (χ1) is 8.15. The molecule has 0 fully saturated rings. The van der Waals surface area contributed by atoms with Crippen LogP contribution in [0.1, 0.15) is 25.8 Å². The first kappa shape index (κ1) is 13.9. The first-order valence-corrected chi connectivity index (χ1v) is 6.03. The highest BCUT2D eigenvalue weighted by molar-refractivity contribution is 5.18. The number of hydrogen-bond acceptors (Lipinski definition) is 2. The Hall–Kier alpha value is -1.12. The zero-order valence-corrected chi connectivity index (χ0v) is 10.7. The van der Waals surface area contributed by atoms with Crippen LogP contribution in [0.2, 0.25) is 0 Å². The summed E-state index contributed by atoms with van der Waals surface area (Å²) in [5.74, 6) is 0. The van der Waals surface area contributed by atoms with Crippen LogP contribution in [0.5, 0.6) is 0 Å². The quantitative estimate of drug-likeness (QED) is 0.743. The van der Waals surface area contributed by atoms with Gasteiger partial charge in [0.1, 0.15) is 0 Å². The van der Waals surface area contributed by atoms with Crippen LogP contribution in [-0.2, 0) is 6.42 Å². The molecule has 94 valence electrons. The molecule has 0 amide bonds. The molecule has 0 aliphatic carbocycles. The minimum absolute atomic E-state index is 0.00355. The molecule has 0 bridgehead atoms. The summed E-state index contributed by atoms with van der Waals surface area (Å²) in [6, 6.07) is 10.0. The predicted molar refractivity (Wildman–Crippen MR) is 70.8 cm³/mol. The number of rotatable bonds is 6. The van der Waals surface area contributed by atoms with E-state index in [4.69, 9.17) is 0 Å². The molecule has 0 saturated carbocycles. The van der Waals surface area contributed by atoms with Crippen molar-refractivity contribution in [2.24, 2.45) is 5.41 Å². The minimum atomic E-state index is -0.446. The van der Waals surface area contributed by atoms with Crippen molar-refractivity contribution in [1.82, 2.24) is 0 Å². The molecule has 1 aromatic carbocycles. The molecule has 0 radical (unpaired) electrons. The topological polar surface area (TPSA) is 40.5 Å². The largest absolute Gasteiger partial charge is 0.396 e. The Morgan fingerprint density at radius 3 is 2.24 bits per heavy atom. The second-order valence-corrected chi connectivity index (χ2v) is 4.79. The Morgan fingerprint density at radius 2 is 1.76 bits per heavy atom. The molecule has 0 saturated heterocycles. The van der Waals surface area contributed by atoms with Crippen LogP contribution in [0.3, 0.4) is 0 Å². The molecule has 2 heteroatoms. The number of aliphatic hydroxyl groups excluding tert-OH is 2. The standard InChI is InChI=1S/C15H22O2/c1-3-13(2)9-15(11-16,12-17)10-14-7-5-4-6-8-14/h3-8,16-17H,9-12H2,1-2H3. The predicted octanol–water partition coefficient (Wildman–Crippen LogP) is 2.56. The van der Waals surface area contributed by atoms with Crippen molar-refractivity contribution >= 4 is 0 Å². The van der Waals surface area contributed by atoms with Gasteiger partial charge >= 0.3 is 0 Å². The highest BCUT2D eigenvalue weighted by Crippen LogP contribution is 2.29. The van der Waals surface area contributed by atoms with Gasteiger partial charge < -0.3 is 10.2 Å². The molecule has 0 aromatic heterocycles. The lowest BCUT2D eigenvalue weighted by Gasteiger charge is -2.30. The van der Waals surface area contributed by atoms with Crippen molar-refractivity contribution in [2.75, 3.05) is 13.2 Å². The Kier molecular flexibility index (Phi) is 5.39. The van der Waals surface area contributed by atoms with Gasteiger partial charge in [0.05, 0.1) is 13.2 Å². The van der Waals surface area contributed by atoms with E-state index in [9.17, 15) is 10.2 Å². The normalized spacial score (nSPS) is 12.8. The number of benzene rings is 1. The van der Waals surface area contributed by atoms with Crippen molar-refractivity contribution in [1.29, 1.82) is 0 Å². The maximum Gasteiger partial charge on any atom is 0.0515 e. The Morgan fingerprint density at radius 1 is 1.18 bits per heavy atom. The molecule has 1 aromatic rings. The molecule has 1 rings (SSSR count). The highest BCUT2D eigenvalue weighted by Gasteiger charge is 2.29. The van der Waals surface area contributed by atoms with Crippen molar-refractivity contribution < 1.29 is 10.2 Å². The smallest absolute Gasteiger partial charge is 0.0515 e. The van der Waals surface area contributed by atoms with Crippen LogP contribution >= 0.6 is 0 Å². The van der Waals surface area contributed by atoms with E-state index in [1.807, 2.05) is 50.3 Å². The molecule has 2 nitrogen and oxygen atoms in total. The summed E-state index contributed by atoms with van der Waals surface area (Å²) >= 11 is 0. The van der Waals surface area contributed by atoms with Crippen molar-refractivity contribution in [3.8, 4) is 0 Å². The fourth-order valence-electron chi connectivity index (χ4n) is 2.06. The van der Waals surface area contributed by atoms with Gasteiger partial charge in [-0.25, -0.2) is 0 Å². The van der Waals surface area contributed by atoms with Crippen molar-refractivity contribution in [3.05, 3.63) is 47.5 Å². The van der Waals surface area contributed by atoms with E-state index in [1.165, 1.54) is 5.57 Å². The monoisotopic (exact) mass is 234 g/mol. The molecule has 0 aliphatic rings. The fraction of sp³-hybridized carbons (Fsp3) is 0.467. The summed E-state index contributed by atoms with van der Waals surface area (Å²) < 4.78 is 0. The Bertz CT molecular complexity index is 350. The van der Waals surface area contributed by atoms with Crippen molar-refractivity contribution in [3.63, 3.8) is 0 Å². The van der Waals surface area contributed by atoms with E-state index in [1.54, 1.807) is 0 Å². The van der Waals surface area contributed by atoms with Gasteiger partial charge in [-0.3, -0.25) is 0 Å². The second kappa shape index (κ2) is 6.58. The highest BCUT2D eigenvalue weighted by atomic mass is 16.3. The second-order valence-electron chi connectivity index (χ2n) is 4.79. The lowest BCUT2D eigenvalue weighted by Crippen LogP contribution is -2.32. The van der Waals surface area contributed by atoms with E-state index in [-0.39, 0.29) is 13.2 Å². The maximum absolute atomic E-state index is 9.60. The molecular weight excluding hydrogens is 212 g/mol. The summed E-state index contributed by atoms with van der Waals surface area (Å²) in [5.41, 5.74) is 1.90. The van der Waals surface area contributed by atoms with Crippen molar-refractivity contribution in [2.45, 2.75) is 26.7 Å². The summed E-state index contributed by atoms with van der Waals surface area (Å²) in [6.45, 7) is 4.02. The summed E-state index contributed by atoms with van der Waals surface area (Å²) in [4.78, 5) is 0. The average Bonchev–Trinajstić information content (AvgIpc) is 2.39. The van der Waals surface area contributed by atoms with Gasteiger partial charge in [-0.05, 0) is 32.3 Å². The van der Waals surface area contributed by atoms with Crippen LogP contribution < -0.4 is 0 Å². The van der Waals surface area contributed by atoms with Crippen LogP contribution in [0.15, 0.2) is 42.0 Å². The van der Waals surface area contributed by atoms with E-state index in [0.29, 0.717) is 6.42 Å². The molecular formula is C15H22O2. The first-order valence-electron chi connectivity index (χ1n) is 6.03. The summed E-state index contributed by atoms with van der Waals surface area (Å²) in [7, 11) is 0. The number of hydrogen-bond donors (Lipinski definition) is 2. The summed E-state index contributed by atoms with van der Waals surface area (Å²) in [6.07, 6.45) is 3.46. The van der Waals surface area contributed by atoms with Gasteiger partial charge in [0.15, 0.2) is 0 Å². The van der Waals surface area contributed by atoms with Gasteiger partial charge in [-0.1, -0.05) is 42.0 Å². The minimum Gasteiger partial charge on any atom is -0.396 e. The molecule has 0 spiro atoms. The van der Waals surface area contributed by atoms with Crippen LogP contribution in [0.4, 0.5) is 0 Å². The average molecular weight is 234 g/mol. The van der Waals surface area contributed by atoms with E-state index >= 15 is 0 Å². The van der Waals surface area contributed by atoms with E-state index in [2.05, 4.69) is 0 Å². The molecule has 0 atom stereocenters. The third-order valence-corrected chi connectivity index (χ3v) is 3.24. The van der Waals surface area contributed by atoms with E-state index < -0.39 is 5.41 Å². The van der Waals surface area contributed by atoms with Gasteiger partial charge in [0, 0.05) is 5.41 Å². The van der Waals surface area contributed by atoms with Crippen LogP contribution in [0.25, 0.3) is 0 Å². The molecule has 0 heterocycles. The summed E-state index contributed by atoms with van der Waals surface area (Å²) in [5, 5.41) is 19.2. The lowest BCUT2D eigenvalue weighted by atomic mass is 9.78. The maximum atomic E-state index is 9.60. The van der Waals surface area contributed by atoms with Crippen LogP contribution in [-0.4, -0.2) is 23.4 Å². The van der Waals surface area contributed by atoms with Gasteiger partial charge in [0.2, 0.25) is 0 Å².